The average Bonchev–Trinajstić information content (AvgIpc) is 2.84. The molecule has 2 heterocycles. The minimum atomic E-state index is -5.84. The summed E-state index contributed by atoms with van der Waals surface area (Å²) in [5.74, 6) is -3.17. The van der Waals surface area contributed by atoms with E-state index in [0.29, 0.717) is 0 Å². The predicted octanol–water partition coefficient (Wildman–Crippen LogP) is -5.79. The van der Waals surface area contributed by atoms with Crippen molar-refractivity contribution in [2.24, 2.45) is 5.92 Å². The van der Waals surface area contributed by atoms with Gasteiger partial charge in [0.1, 0.15) is 30.5 Å². The summed E-state index contributed by atoms with van der Waals surface area (Å²) in [6.45, 7) is -0.0680. The fourth-order valence-electron chi connectivity index (χ4n) is 4.00. The molecule has 2 rings (SSSR count). The molecule has 0 bridgehead atoms. The van der Waals surface area contributed by atoms with Gasteiger partial charge in [-0.3, -0.25) is 21.8 Å². The van der Waals surface area contributed by atoms with Crippen molar-refractivity contribution in [3.05, 3.63) is 0 Å². The number of rotatable bonds is 16. The number of carbonyl (C=O) groups is 1. The van der Waals surface area contributed by atoms with Gasteiger partial charge in [0, 0.05) is 20.1 Å². The van der Waals surface area contributed by atoms with Crippen LogP contribution >= 0.6 is 12.3 Å². The van der Waals surface area contributed by atoms with Crippen molar-refractivity contribution in [3.8, 4) is 0 Å². The van der Waals surface area contributed by atoms with Gasteiger partial charge in [0.05, 0.1) is 18.7 Å². The largest absolute Gasteiger partial charge is 0.726 e. The Labute approximate surface area is 242 Å². The molecule has 0 amide bonds. The Hall–Kier alpha value is -0.930. The van der Waals surface area contributed by atoms with Gasteiger partial charge in [-0.15, -0.1) is 4.33 Å². The van der Waals surface area contributed by atoms with Crippen molar-refractivity contribution in [3.63, 3.8) is 0 Å². The van der Waals surface area contributed by atoms with Gasteiger partial charge in [0.25, 0.3) is 0 Å². The topological polar surface area (TPSA) is 336 Å². The van der Waals surface area contributed by atoms with E-state index >= 15 is 0 Å². The van der Waals surface area contributed by atoms with Gasteiger partial charge in [-0.1, -0.05) is 6.92 Å². The molecule has 0 radical (unpaired) electrons. The van der Waals surface area contributed by atoms with Gasteiger partial charge >= 0.3 is 0 Å². The van der Waals surface area contributed by atoms with Crippen LogP contribution < -0.4 is 10.4 Å². The lowest BCUT2D eigenvalue weighted by Crippen LogP contribution is -2.66. The van der Waals surface area contributed by atoms with E-state index in [1.807, 2.05) is 0 Å². The Kier molecular flexibility index (Phi) is 13.6. The van der Waals surface area contributed by atoms with Crippen molar-refractivity contribution in [2.45, 2.75) is 62.2 Å². The quantitative estimate of drug-likeness (QED) is 0.0362. The van der Waals surface area contributed by atoms with Crippen molar-refractivity contribution >= 4 is 49.5 Å². The smallest absolute Gasteiger partial charge is 0.218 e. The number of carboxylic acids is 1. The first kappa shape index (κ1) is 37.3. The van der Waals surface area contributed by atoms with E-state index in [2.05, 4.69) is 21.9 Å². The third-order valence-electron chi connectivity index (χ3n) is 5.51. The van der Waals surface area contributed by atoms with Gasteiger partial charge < -0.3 is 52.5 Å². The van der Waals surface area contributed by atoms with Crippen LogP contribution in [0.4, 0.5) is 0 Å². The standard InChI is InChI=1S/C15H26O23S4/c1-5-7(28-2)9(34-39-38-37-18)11(13(16)17)33-14(5)32-8-6(4-30-40(19,20)21)31-15(29-3)12(36-42(25,26)27)10(8)35-41(22,23)24/h5-12,14-15,18H,4H2,1-3H3,(H,16,17)(H,19,20,21)(H,22,23,24)(H,25,26,27)/p-5/t5?,6-,7-,8+,9-,10?,11?,12?,14+,15-/m0/s1. The first-order valence-electron chi connectivity index (χ1n) is 10.7. The van der Waals surface area contributed by atoms with Gasteiger partial charge in [-0.25, -0.2) is 25.3 Å². The molecule has 248 valence electrons. The molecule has 0 N–H and O–H groups in total. The fourth-order valence-corrected chi connectivity index (χ4v) is 5.62. The number of hydrogen-bond acceptors (Lipinski definition) is 24. The summed E-state index contributed by atoms with van der Waals surface area (Å²) in [6, 6.07) is 0. The van der Waals surface area contributed by atoms with Crippen LogP contribution in [0.15, 0.2) is 0 Å². The molecule has 0 aromatic heterocycles. The molecule has 0 aliphatic carbocycles. The average molecular weight is 698 g/mol. The van der Waals surface area contributed by atoms with Crippen molar-refractivity contribution in [1.29, 1.82) is 0 Å². The molecule has 4 unspecified atom stereocenters. The SMILES string of the molecule is CO[C@H]1O[C@@H](COS(=O)(=O)[O-])[C@@H](O[C@@H]2OC(C(=O)[O-])[C@@H](OSOO[O-])[C@@H](OC)C2C)C(OS(=O)(=O)[O-])C1OS(=O)(=O)[O-]. The van der Waals surface area contributed by atoms with Crippen LogP contribution in [0.5, 0.6) is 0 Å². The molecule has 42 heavy (non-hydrogen) atoms. The number of carboxylic acid groups (broad SMARTS) is 1. The third kappa shape index (κ3) is 10.9. The Bertz CT molecular complexity index is 1210. The van der Waals surface area contributed by atoms with Crippen LogP contribution in [0.3, 0.4) is 0 Å². The number of hydrogen-bond donors (Lipinski definition) is 0. The van der Waals surface area contributed by atoms with Crippen molar-refractivity contribution in [2.75, 3.05) is 20.8 Å². The summed E-state index contributed by atoms with van der Waals surface area (Å²) in [5, 5.41) is 24.9. The van der Waals surface area contributed by atoms with E-state index in [-0.39, 0.29) is 12.3 Å². The Morgan fingerprint density at radius 2 is 1.40 bits per heavy atom. The normalized spacial score (nSPS) is 34.7. The van der Waals surface area contributed by atoms with Gasteiger partial charge in [-0.2, -0.15) is 0 Å². The second-order valence-corrected chi connectivity index (χ2v) is 11.6. The minimum absolute atomic E-state index is 0.125. The predicted molar refractivity (Wildman–Crippen MR) is 114 cm³/mol. The Balaban J connectivity index is 2.57. The molecule has 2 fully saturated rings. The zero-order valence-corrected chi connectivity index (χ0v) is 24.3. The highest BCUT2D eigenvalue weighted by molar-refractivity contribution is 7.89. The second-order valence-electron chi connectivity index (χ2n) is 8.08. The molecule has 27 heteroatoms. The number of methoxy groups -OCH3 is 2. The zero-order valence-electron chi connectivity index (χ0n) is 21.0. The Morgan fingerprint density at radius 1 is 0.810 bits per heavy atom. The fraction of sp³-hybridized carbons (Fsp3) is 0.933. The lowest BCUT2D eigenvalue weighted by atomic mass is 9.91. The van der Waals surface area contributed by atoms with Gasteiger partial charge in [-0.05, 0) is 0 Å². The number of ether oxygens (including phenoxy) is 5. The van der Waals surface area contributed by atoms with E-state index < -0.39 is 105 Å². The molecule has 0 saturated carbocycles. The minimum Gasteiger partial charge on any atom is -0.726 e. The third-order valence-corrected chi connectivity index (χ3v) is 7.26. The molecular weight excluding hydrogens is 676 g/mol. The monoisotopic (exact) mass is 697 g/mol. The summed E-state index contributed by atoms with van der Waals surface area (Å²) in [5.41, 5.74) is 0. The lowest BCUT2D eigenvalue weighted by molar-refractivity contribution is -0.777. The van der Waals surface area contributed by atoms with Crippen molar-refractivity contribution < 1.29 is 104 Å². The molecule has 23 nitrogen and oxygen atoms in total. The number of carbonyl (C=O) groups excluding carboxylic acids is 1. The van der Waals surface area contributed by atoms with Crippen LogP contribution in [0.25, 0.3) is 0 Å². The van der Waals surface area contributed by atoms with Crippen LogP contribution in [0.2, 0.25) is 0 Å². The summed E-state index contributed by atoms with van der Waals surface area (Å²) in [6.07, 6.45) is -18.5. The van der Waals surface area contributed by atoms with E-state index in [9.17, 15) is 54.1 Å². The highest BCUT2D eigenvalue weighted by atomic mass is 32.3. The summed E-state index contributed by atoms with van der Waals surface area (Å²) >= 11 is -0.125. The van der Waals surface area contributed by atoms with Crippen LogP contribution in [0, 0.1) is 5.92 Å². The molecule has 10 atom stereocenters. The van der Waals surface area contributed by atoms with Gasteiger partial charge in [0.15, 0.2) is 31.0 Å². The zero-order chi connectivity index (χ0) is 32.0. The molecule has 0 spiro atoms. The van der Waals surface area contributed by atoms with Crippen LogP contribution in [-0.2, 0) is 85.8 Å². The van der Waals surface area contributed by atoms with Crippen LogP contribution in [0.1, 0.15) is 6.92 Å². The first-order chi connectivity index (χ1) is 19.3. The molecule has 2 saturated heterocycles. The highest BCUT2D eigenvalue weighted by Gasteiger charge is 2.54. The van der Waals surface area contributed by atoms with E-state index in [4.69, 9.17) is 27.9 Å². The summed E-state index contributed by atoms with van der Waals surface area (Å²) < 4.78 is 150. The van der Waals surface area contributed by atoms with E-state index in [1.54, 1.807) is 0 Å². The maximum absolute atomic E-state index is 11.8. The summed E-state index contributed by atoms with van der Waals surface area (Å²) in [4.78, 5) is 11.8. The van der Waals surface area contributed by atoms with Gasteiger partial charge in [0.2, 0.25) is 31.2 Å². The molecule has 0 aromatic carbocycles. The second kappa shape index (κ2) is 15.4. The molecule has 2 aliphatic heterocycles. The molecular formula is C15H21O23S4-5. The molecule has 0 aromatic rings. The lowest BCUT2D eigenvalue weighted by Gasteiger charge is -2.49. The van der Waals surface area contributed by atoms with E-state index in [1.165, 1.54) is 6.92 Å². The first-order valence-corrected chi connectivity index (χ1v) is 15.4. The Morgan fingerprint density at radius 3 is 1.88 bits per heavy atom. The maximum Gasteiger partial charge on any atom is 0.218 e. The van der Waals surface area contributed by atoms with Crippen molar-refractivity contribution in [1.82, 2.24) is 0 Å². The highest BCUT2D eigenvalue weighted by Crippen LogP contribution is 2.37. The van der Waals surface area contributed by atoms with Crippen LogP contribution in [-0.4, -0.2) is 121 Å². The summed E-state index contributed by atoms with van der Waals surface area (Å²) in [7, 11) is -15.2. The molecule has 2 aliphatic rings. The maximum atomic E-state index is 11.8. The number of aliphatic carboxylic acids is 1. The van der Waals surface area contributed by atoms with E-state index in [0.717, 1.165) is 14.2 Å².